The van der Waals surface area contributed by atoms with Gasteiger partial charge in [-0.1, -0.05) is 24.3 Å². The Morgan fingerprint density at radius 1 is 1.21 bits per heavy atom. The van der Waals surface area contributed by atoms with Crippen LogP contribution in [0.1, 0.15) is 44.9 Å². The third-order valence-corrected chi connectivity index (χ3v) is 8.40. The highest BCUT2D eigenvalue weighted by Crippen LogP contribution is 2.51. The highest BCUT2D eigenvalue weighted by Gasteiger charge is 2.54. The molecule has 1 aromatic heterocycles. The maximum atomic E-state index is 13.1. The lowest BCUT2D eigenvalue weighted by Gasteiger charge is -2.48. The number of nitrogens with one attached hydrogen (secondary N) is 1. The predicted octanol–water partition coefficient (Wildman–Crippen LogP) is 6.03. The van der Waals surface area contributed by atoms with E-state index in [0.717, 1.165) is 25.0 Å². The van der Waals surface area contributed by atoms with Crippen LogP contribution in [0.5, 0.6) is 0 Å². The van der Waals surface area contributed by atoms with Gasteiger partial charge in [0.15, 0.2) is 0 Å². The number of pyridine rings is 1. The fourth-order valence-corrected chi connectivity index (χ4v) is 6.64. The molecule has 1 aliphatic carbocycles. The summed E-state index contributed by atoms with van der Waals surface area (Å²) in [7, 11) is 0. The number of fused-ring (bicyclic) bond motifs is 2. The molecule has 0 bridgehead atoms. The number of esters is 1. The van der Waals surface area contributed by atoms with Gasteiger partial charge in [0.05, 0.1) is 17.2 Å². The van der Waals surface area contributed by atoms with E-state index < -0.39 is 11.7 Å². The summed E-state index contributed by atoms with van der Waals surface area (Å²) in [4.78, 5) is 31.7. The molecule has 6 atom stereocenters. The van der Waals surface area contributed by atoms with Crippen molar-refractivity contribution < 1.29 is 27.5 Å². The van der Waals surface area contributed by atoms with Crippen molar-refractivity contribution in [3.8, 4) is 11.1 Å². The summed E-state index contributed by atoms with van der Waals surface area (Å²) in [5.74, 6) is 0.316. The number of nitrogens with zero attached hydrogens (tertiary/aromatic N) is 2. The zero-order valence-corrected chi connectivity index (χ0v) is 22.3. The van der Waals surface area contributed by atoms with Crippen molar-refractivity contribution in [3.05, 3.63) is 59.9 Å². The molecule has 5 rings (SSSR count). The molecule has 2 aliphatic heterocycles. The maximum absolute atomic E-state index is 13.1. The molecule has 208 valence electrons. The van der Waals surface area contributed by atoms with Crippen LogP contribution >= 0.6 is 0 Å². The molecule has 2 aromatic rings. The number of hydrogen-bond acceptors (Lipinski definition) is 4. The maximum Gasteiger partial charge on any atom is 0.416 e. The van der Waals surface area contributed by atoms with Crippen LogP contribution in [0.4, 0.5) is 18.0 Å². The first-order chi connectivity index (χ1) is 18.5. The Kier molecular flexibility index (Phi) is 7.44. The van der Waals surface area contributed by atoms with E-state index in [1.807, 2.05) is 31.7 Å². The zero-order valence-electron chi connectivity index (χ0n) is 22.3. The number of rotatable bonds is 4. The Bertz CT molecular complexity index is 1240. The second-order valence-electron chi connectivity index (χ2n) is 11.3. The second kappa shape index (κ2) is 10.7. The summed E-state index contributed by atoms with van der Waals surface area (Å²) in [5.41, 5.74) is 1.05. The predicted molar refractivity (Wildman–Crippen MR) is 141 cm³/mol. The molecule has 3 aliphatic rings. The summed E-state index contributed by atoms with van der Waals surface area (Å²) in [6, 6.07) is 8.76. The van der Waals surface area contributed by atoms with Gasteiger partial charge in [-0.15, -0.1) is 0 Å². The molecule has 1 aromatic carbocycles. The Balaban J connectivity index is 1.35. The van der Waals surface area contributed by atoms with Crippen LogP contribution in [0.2, 0.25) is 0 Å². The molecule has 5 unspecified atom stereocenters. The smallest absolute Gasteiger partial charge is 0.416 e. The molecule has 6 nitrogen and oxygen atoms in total. The number of halogens is 3. The third kappa shape index (κ3) is 5.68. The molecule has 1 saturated carbocycles. The number of benzene rings is 1. The molecule has 2 amide bonds. The van der Waals surface area contributed by atoms with E-state index in [4.69, 9.17) is 4.74 Å². The highest BCUT2D eigenvalue weighted by atomic mass is 19.4. The lowest BCUT2D eigenvalue weighted by atomic mass is 9.59. The average molecular weight is 542 g/mol. The largest absolute Gasteiger partial charge is 0.462 e. The van der Waals surface area contributed by atoms with Gasteiger partial charge < -0.3 is 15.0 Å². The molecular weight excluding hydrogens is 507 g/mol. The Morgan fingerprint density at radius 2 is 2.00 bits per heavy atom. The fourth-order valence-electron chi connectivity index (χ4n) is 6.64. The van der Waals surface area contributed by atoms with Gasteiger partial charge in [0.2, 0.25) is 0 Å². The Hall–Kier alpha value is -3.36. The number of alkyl halides is 3. The number of allylic oxidation sites excluding steroid dienone is 1. The number of ether oxygens (including phenoxy) is 1. The first-order valence-corrected chi connectivity index (χ1v) is 13.6. The van der Waals surface area contributed by atoms with E-state index in [1.54, 1.807) is 24.4 Å². The van der Waals surface area contributed by atoms with Crippen LogP contribution in [0, 0.1) is 29.6 Å². The molecule has 0 spiro atoms. The number of cyclic esters (lactones) is 1. The van der Waals surface area contributed by atoms with E-state index in [1.165, 1.54) is 6.07 Å². The molecule has 9 heteroatoms. The van der Waals surface area contributed by atoms with E-state index in [-0.39, 0.29) is 47.8 Å². The third-order valence-electron chi connectivity index (χ3n) is 8.40. The van der Waals surface area contributed by atoms with Crippen molar-refractivity contribution in [1.29, 1.82) is 0 Å². The normalized spacial score (nSPS) is 28.8. The highest BCUT2D eigenvalue weighted by molar-refractivity contribution is 5.76. The molecule has 39 heavy (non-hydrogen) atoms. The summed E-state index contributed by atoms with van der Waals surface area (Å²) >= 11 is 0. The van der Waals surface area contributed by atoms with Gasteiger partial charge in [-0.25, -0.2) is 4.79 Å². The van der Waals surface area contributed by atoms with Crippen LogP contribution < -0.4 is 5.32 Å². The van der Waals surface area contributed by atoms with Gasteiger partial charge in [-0.2, -0.15) is 13.2 Å². The van der Waals surface area contributed by atoms with Crippen LogP contribution in [0.3, 0.4) is 0 Å². The minimum atomic E-state index is -4.40. The summed E-state index contributed by atoms with van der Waals surface area (Å²) in [6.07, 6.45) is 2.62. The van der Waals surface area contributed by atoms with E-state index in [2.05, 4.69) is 16.4 Å². The number of carbonyl (C=O) groups is 2. The van der Waals surface area contributed by atoms with Gasteiger partial charge in [-0.3, -0.25) is 9.78 Å². The summed E-state index contributed by atoms with van der Waals surface area (Å²) in [5, 5.41) is 2.97. The summed E-state index contributed by atoms with van der Waals surface area (Å²) < 4.78 is 45.0. The number of carbonyl (C=O) groups excluding carboxylic acids is 2. The fraction of sp³-hybridized carbons (Fsp3) is 0.500. The Labute approximate surface area is 226 Å². The molecule has 3 fully saturated rings. The topological polar surface area (TPSA) is 71.5 Å². The number of amides is 2. The van der Waals surface area contributed by atoms with Crippen molar-refractivity contribution in [2.24, 2.45) is 29.6 Å². The molecule has 2 saturated heterocycles. The van der Waals surface area contributed by atoms with Crippen molar-refractivity contribution in [2.45, 2.75) is 51.9 Å². The zero-order chi connectivity index (χ0) is 27.9. The minimum absolute atomic E-state index is 0.0553. The number of aromatic nitrogens is 1. The van der Waals surface area contributed by atoms with Crippen molar-refractivity contribution in [3.63, 3.8) is 0 Å². The minimum Gasteiger partial charge on any atom is -0.462 e. The van der Waals surface area contributed by atoms with Gasteiger partial charge in [-0.05, 0) is 81.2 Å². The number of piperidine rings is 1. The van der Waals surface area contributed by atoms with E-state index >= 15 is 0 Å². The van der Waals surface area contributed by atoms with E-state index in [9.17, 15) is 22.8 Å². The van der Waals surface area contributed by atoms with Crippen LogP contribution in [-0.4, -0.2) is 47.1 Å². The van der Waals surface area contributed by atoms with Gasteiger partial charge in [0, 0.05) is 36.8 Å². The second-order valence-corrected chi connectivity index (χ2v) is 11.3. The van der Waals surface area contributed by atoms with Crippen LogP contribution in [-0.2, 0) is 15.7 Å². The lowest BCUT2D eigenvalue weighted by molar-refractivity contribution is -0.144. The molecule has 0 radical (unpaired) electrons. The lowest BCUT2D eigenvalue weighted by Crippen LogP contribution is -2.54. The first kappa shape index (κ1) is 27.2. The first-order valence-electron chi connectivity index (χ1n) is 13.6. The molecular formula is C30H34F3N3O3. The van der Waals surface area contributed by atoms with Crippen LogP contribution in [0.15, 0.2) is 48.7 Å². The number of urea groups is 1. The van der Waals surface area contributed by atoms with Crippen LogP contribution in [0.25, 0.3) is 17.2 Å². The van der Waals surface area contributed by atoms with Gasteiger partial charge in [0.25, 0.3) is 0 Å². The van der Waals surface area contributed by atoms with Gasteiger partial charge >= 0.3 is 18.2 Å². The van der Waals surface area contributed by atoms with E-state index in [0.29, 0.717) is 35.8 Å². The van der Waals surface area contributed by atoms with Crippen molar-refractivity contribution in [1.82, 2.24) is 15.2 Å². The van der Waals surface area contributed by atoms with Gasteiger partial charge in [0.1, 0.15) is 6.10 Å². The number of hydrogen-bond donors (Lipinski definition) is 1. The molecule has 1 N–H and O–H groups in total. The van der Waals surface area contributed by atoms with Crippen molar-refractivity contribution >= 4 is 18.1 Å². The number of likely N-dealkylation sites (tertiary alicyclic amines) is 1. The summed E-state index contributed by atoms with van der Waals surface area (Å²) in [6.45, 7) is 7.10. The van der Waals surface area contributed by atoms with Crippen molar-refractivity contribution in [2.75, 3.05) is 13.1 Å². The average Bonchev–Trinajstić information content (AvgIpc) is 3.18. The molecule has 3 heterocycles. The standard InChI is InChI=1S/C30H34F3N3O3/c1-17(2)35-29(38)36-12-11-24-21(16-36)14-26-27(18(3)39-28(26)37)25(24)10-9-23-8-7-20(15-34-23)19-5-4-6-22(13-19)30(31,32)33/h4-10,13,15,17-18,21,24-27H,11-12,14,16H2,1-3H3,(H,35,38)/b10-9+/t18-,21?,24?,25?,26?,27?/m1/s1. The quantitative estimate of drug-likeness (QED) is 0.480. The Morgan fingerprint density at radius 3 is 2.69 bits per heavy atom. The monoisotopic (exact) mass is 541 g/mol. The SMILES string of the molecule is CC(C)NC(=O)N1CCC2C(CC3C(=O)O[C@H](C)C3C2/C=C/c2ccc(-c3cccc(C(F)(F)F)c3)cn2)C1.